The number of aromatic hydroxyl groups is 1. The molecule has 9 heteroatoms. The lowest BCUT2D eigenvalue weighted by Gasteiger charge is -2.41. The number of β-lactam (4-membered cyclic amide) rings is 1. The lowest BCUT2D eigenvalue weighted by atomic mass is 9.93. The number of anilines is 3. The molecule has 4 aromatic rings. The molecule has 0 aliphatic carbocycles. The first-order chi connectivity index (χ1) is 14.5. The Morgan fingerprint density at radius 1 is 1.10 bits per heavy atom. The van der Waals surface area contributed by atoms with Crippen molar-refractivity contribution in [3.63, 3.8) is 0 Å². The second-order valence-corrected chi connectivity index (χ2v) is 7.21. The van der Waals surface area contributed by atoms with Gasteiger partial charge in [-0.25, -0.2) is 4.79 Å². The summed E-state index contributed by atoms with van der Waals surface area (Å²) in [4.78, 5) is 30.1. The second kappa shape index (κ2) is 6.93. The molecule has 2 atom stereocenters. The van der Waals surface area contributed by atoms with Crippen molar-refractivity contribution in [2.45, 2.75) is 11.4 Å². The molecule has 3 heterocycles. The summed E-state index contributed by atoms with van der Waals surface area (Å²) in [6, 6.07) is 14.7. The van der Waals surface area contributed by atoms with Gasteiger partial charge in [0.2, 0.25) is 0 Å². The van der Waals surface area contributed by atoms with Crippen molar-refractivity contribution in [1.82, 2.24) is 4.98 Å². The van der Waals surface area contributed by atoms with Crippen LogP contribution in [0.4, 0.5) is 17.5 Å². The Balaban J connectivity index is 1.44. The normalized spacial score (nSPS) is 18.4. The van der Waals surface area contributed by atoms with Crippen molar-refractivity contribution in [2.24, 2.45) is 0 Å². The number of rotatable bonds is 4. The van der Waals surface area contributed by atoms with Gasteiger partial charge in [-0.3, -0.25) is 9.69 Å². The number of fused-ring (bicyclic) bond motifs is 1. The Morgan fingerprint density at radius 2 is 1.87 bits per heavy atom. The molecule has 1 amide bonds. The van der Waals surface area contributed by atoms with Crippen LogP contribution in [-0.4, -0.2) is 21.4 Å². The Bertz CT molecular complexity index is 1330. The number of halogens is 1. The third kappa shape index (κ3) is 2.89. The molecule has 5 rings (SSSR count). The van der Waals surface area contributed by atoms with Crippen molar-refractivity contribution in [3.8, 4) is 5.75 Å². The van der Waals surface area contributed by atoms with Gasteiger partial charge in [-0.2, -0.15) is 4.98 Å². The van der Waals surface area contributed by atoms with E-state index in [2.05, 4.69) is 10.3 Å². The van der Waals surface area contributed by atoms with Crippen molar-refractivity contribution in [2.75, 3.05) is 10.2 Å². The van der Waals surface area contributed by atoms with E-state index < -0.39 is 23.0 Å². The van der Waals surface area contributed by atoms with Crippen LogP contribution < -0.4 is 15.8 Å². The molecule has 150 valence electrons. The van der Waals surface area contributed by atoms with Crippen molar-refractivity contribution in [1.29, 1.82) is 0 Å². The third-order valence-corrected chi connectivity index (χ3v) is 5.31. The number of alkyl halides is 1. The highest BCUT2D eigenvalue weighted by Gasteiger charge is 2.51. The van der Waals surface area contributed by atoms with E-state index >= 15 is 0 Å². The quantitative estimate of drug-likeness (QED) is 0.291. The van der Waals surface area contributed by atoms with Crippen LogP contribution in [0, 0.1) is 0 Å². The highest BCUT2D eigenvalue weighted by molar-refractivity contribution is 6.37. The number of aromatic nitrogens is 1. The molecule has 2 unspecified atom stereocenters. The fourth-order valence-electron chi connectivity index (χ4n) is 3.42. The molecule has 0 radical (unpaired) electrons. The maximum absolute atomic E-state index is 12.4. The van der Waals surface area contributed by atoms with Crippen molar-refractivity contribution < 1.29 is 18.7 Å². The molecule has 1 saturated heterocycles. The number of carbonyl (C=O) groups is 1. The Morgan fingerprint density at radius 3 is 2.70 bits per heavy atom. The average Bonchev–Trinajstić information content (AvgIpc) is 3.20. The number of hydrogen-bond acceptors (Lipinski definition) is 7. The van der Waals surface area contributed by atoms with Gasteiger partial charge in [-0.05, 0) is 18.2 Å². The number of phenols is 1. The average molecular weight is 424 g/mol. The van der Waals surface area contributed by atoms with Gasteiger partial charge in [0.1, 0.15) is 28.7 Å². The van der Waals surface area contributed by atoms with Gasteiger partial charge < -0.3 is 19.3 Å². The van der Waals surface area contributed by atoms with E-state index in [1.807, 2.05) is 12.1 Å². The predicted octanol–water partition coefficient (Wildman–Crippen LogP) is 3.93. The van der Waals surface area contributed by atoms with Crippen LogP contribution >= 0.6 is 11.6 Å². The summed E-state index contributed by atoms with van der Waals surface area (Å²) in [5.41, 5.74) is 0.570. The van der Waals surface area contributed by atoms with Crippen LogP contribution in [-0.2, 0) is 4.79 Å². The van der Waals surface area contributed by atoms with Gasteiger partial charge in [0.05, 0.1) is 6.04 Å². The molecule has 2 N–H and O–H groups in total. The number of nitrogens with zero attached hydrogens (tertiary/aromatic N) is 2. The zero-order valence-electron chi connectivity index (χ0n) is 15.3. The molecule has 0 spiro atoms. The predicted molar refractivity (Wildman–Crippen MR) is 110 cm³/mol. The topological polar surface area (TPSA) is 109 Å². The highest BCUT2D eigenvalue weighted by Crippen LogP contribution is 2.44. The minimum absolute atomic E-state index is 0.00201. The Kier molecular flexibility index (Phi) is 4.22. The zero-order chi connectivity index (χ0) is 20.8. The Labute approximate surface area is 174 Å². The maximum atomic E-state index is 12.4. The minimum atomic E-state index is -0.853. The monoisotopic (exact) mass is 423 g/mol. The van der Waals surface area contributed by atoms with E-state index in [-0.39, 0.29) is 23.3 Å². The lowest BCUT2D eigenvalue weighted by molar-refractivity contribution is -0.124. The van der Waals surface area contributed by atoms with Crippen LogP contribution in [0.5, 0.6) is 5.75 Å². The summed E-state index contributed by atoms with van der Waals surface area (Å²) >= 11 is 6.19. The minimum Gasteiger partial charge on any atom is -0.508 e. The summed E-state index contributed by atoms with van der Waals surface area (Å²) < 4.78 is 10.7. The first-order valence-corrected chi connectivity index (χ1v) is 9.47. The highest BCUT2D eigenvalue weighted by atomic mass is 35.5. The molecule has 2 aromatic carbocycles. The molecule has 1 fully saturated rings. The SMILES string of the molecule is O=C1C(Cl)C(c2ccccc2O)N1c1nc(Nc2cc3ccccc3oc2=O)co1. The summed E-state index contributed by atoms with van der Waals surface area (Å²) in [6.45, 7) is 0. The molecule has 0 saturated carbocycles. The number of nitrogens with one attached hydrogen (secondary N) is 1. The van der Waals surface area contributed by atoms with Crippen LogP contribution in [0.15, 0.2) is 74.5 Å². The van der Waals surface area contributed by atoms with Gasteiger partial charge in [-0.15, -0.1) is 11.6 Å². The molecule has 30 heavy (non-hydrogen) atoms. The number of oxazole rings is 1. The second-order valence-electron chi connectivity index (χ2n) is 6.74. The van der Waals surface area contributed by atoms with Gasteiger partial charge >= 0.3 is 11.6 Å². The maximum Gasteiger partial charge on any atom is 0.360 e. The standard InChI is InChI=1S/C21H14ClN3O5/c22-17-18(12-6-2-3-7-14(12)26)25(19(17)27)21-24-16(10-29-21)23-13-9-11-5-1-4-8-15(11)30-20(13)28/h1-10,17-18,23,26H. The first-order valence-electron chi connectivity index (χ1n) is 9.03. The molecule has 1 aliphatic rings. The summed E-state index contributed by atoms with van der Waals surface area (Å²) in [5, 5.41) is 12.9. The number of phenolic OH excluding ortho intramolecular Hbond substituents is 1. The smallest absolute Gasteiger partial charge is 0.360 e. The van der Waals surface area contributed by atoms with E-state index in [0.717, 1.165) is 5.39 Å². The van der Waals surface area contributed by atoms with Crippen molar-refractivity contribution in [3.05, 3.63) is 76.8 Å². The molecule has 1 aliphatic heterocycles. The lowest BCUT2D eigenvalue weighted by Crippen LogP contribution is -2.56. The van der Waals surface area contributed by atoms with E-state index in [9.17, 15) is 14.7 Å². The molecule has 8 nitrogen and oxygen atoms in total. The summed E-state index contributed by atoms with van der Waals surface area (Å²) in [6.07, 6.45) is 1.28. The number of amides is 1. The van der Waals surface area contributed by atoms with Gasteiger partial charge in [0.25, 0.3) is 5.91 Å². The van der Waals surface area contributed by atoms with E-state index in [1.165, 1.54) is 17.2 Å². The fraction of sp³-hybridized carbons (Fsp3) is 0.0952. The number of hydrogen-bond donors (Lipinski definition) is 2. The first kappa shape index (κ1) is 18.3. The van der Waals surface area contributed by atoms with Crippen LogP contribution in [0.1, 0.15) is 11.6 Å². The van der Waals surface area contributed by atoms with Gasteiger partial charge in [0, 0.05) is 10.9 Å². The number of benzene rings is 2. The Hall–Kier alpha value is -3.78. The third-order valence-electron chi connectivity index (χ3n) is 4.89. The largest absolute Gasteiger partial charge is 0.508 e. The summed E-state index contributed by atoms with van der Waals surface area (Å²) in [5.74, 6) is -0.165. The van der Waals surface area contributed by atoms with E-state index in [1.54, 1.807) is 36.4 Å². The molecule has 2 aromatic heterocycles. The van der Waals surface area contributed by atoms with Gasteiger partial charge in [0.15, 0.2) is 5.82 Å². The van der Waals surface area contributed by atoms with Crippen molar-refractivity contribution >= 4 is 46.0 Å². The molecular weight excluding hydrogens is 410 g/mol. The summed E-state index contributed by atoms with van der Waals surface area (Å²) in [7, 11) is 0. The van der Waals surface area contributed by atoms with E-state index in [0.29, 0.717) is 11.1 Å². The van der Waals surface area contributed by atoms with Gasteiger partial charge in [-0.1, -0.05) is 36.4 Å². The van der Waals surface area contributed by atoms with E-state index in [4.69, 9.17) is 20.4 Å². The molecule has 0 bridgehead atoms. The fourth-order valence-corrected chi connectivity index (χ4v) is 3.77. The van der Waals surface area contributed by atoms with Crippen LogP contribution in [0.25, 0.3) is 11.0 Å². The number of para-hydroxylation sites is 2. The van der Waals surface area contributed by atoms with Crippen LogP contribution in [0.2, 0.25) is 0 Å². The number of carbonyl (C=O) groups excluding carboxylic acids is 1. The zero-order valence-corrected chi connectivity index (χ0v) is 16.0. The van der Waals surface area contributed by atoms with Crippen LogP contribution in [0.3, 0.4) is 0 Å². The molecular formula is C21H14ClN3O5.